The molecular weight excluding hydrogens is 248 g/mol. The average Bonchev–Trinajstić information content (AvgIpc) is 2.57. The number of carbonyl (C=O) groups excluding carboxylic acids is 1. The van der Waals surface area contributed by atoms with Crippen molar-refractivity contribution in [2.24, 2.45) is 0 Å². The van der Waals surface area contributed by atoms with Gasteiger partial charge in [0.2, 0.25) is 12.0 Å². The predicted octanol–water partition coefficient (Wildman–Crippen LogP) is 1.40. The van der Waals surface area contributed by atoms with Crippen LogP contribution in [0.2, 0.25) is 0 Å². The van der Waals surface area contributed by atoms with Crippen LogP contribution >= 0.6 is 11.6 Å². The second-order valence-corrected chi connectivity index (χ2v) is 3.62. The van der Waals surface area contributed by atoms with Crippen molar-refractivity contribution >= 4 is 17.6 Å². The SMILES string of the molecule is COc1ccc(OC2=C(Cl)C(O)OC2=O)cc1. The minimum atomic E-state index is -1.45. The minimum Gasteiger partial charge on any atom is -0.497 e. The molecule has 0 fully saturated rings. The maximum Gasteiger partial charge on any atom is 0.378 e. The first-order valence-corrected chi connectivity index (χ1v) is 5.10. The van der Waals surface area contributed by atoms with Crippen LogP contribution in [0.4, 0.5) is 0 Å². The van der Waals surface area contributed by atoms with Gasteiger partial charge >= 0.3 is 5.97 Å². The van der Waals surface area contributed by atoms with Crippen molar-refractivity contribution in [2.75, 3.05) is 7.11 Å². The number of benzene rings is 1. The maximum atomic E-state index is 11.2. The molecule has 17 heavy (non-hydrogen) atoms. The van der Waals surface area contributed by atoms with Gasteiger partial charge in [0, 0.05) is 0 Å². The molecule has 0 saturated carbocycles. The van der Waals surface area contributed by atoms with Gasteiger partial charge < -0.3 is 19.3 Å². The molecule has 0 radical (unpaired) electrons. The summed E-state index contributed by atoms with van der Waals surface area (Å²) >= 11 is 5.67. The zero-order chi connectivity index (χ0) is 12.4. The molecule has 90 valence electrons. The fourth-order valence-corrected chi connectivity index (χ4v) is 1.43. The summed E-state index contributed by atoms with van der Waals surface area (Å²) in [5.74, 6) is 0.0547. The minimum absolute atomic E-state index is 0.161. The van der Waals surface area contributed by atoms with Gasteiger partial charge in [-0.15, -0.1) is 0 Å². The number of carbonyl (C=O) groups is 1. The smallest absolute Gasteiger partial charge is 0.378 e. The topological polar surface area (TPSA) is 65.0 Å². The number of ether oxygens (including phenoxy) is 3. The van der Waals surface area contributed by atoms with Gasteiger partial charge in [-0.2, -0.15) is 0 Å². The standard InChI is InChI=1S/C11H9ClO5/c1-15-6-2-4-7(5-3-6)16-9-8(12)10(13)17-11(9)14/h2-5,10,13H,1H3. The van der Waals surface area contributed by atoms with Crippen LogP contribution in [0.5, 0.6) is 11.5 Å². The molecule has 1 atom stereocenters. The fourth-order valence-electron chi connectivity index (χ4n) is 1.27. The van der Waals surface area contributed by atoms with Gasteiger partial charge in [0.15, 0.2) is 0 Å². The molecule has 0 spiro atoms. The molecule has 0 bridgehead atoms. The van der Waals surface area contributed by atoms with E-state index in [4.69, 9.17) is 26.2 Å². The van der Waals surface area contributed by atoms with Crippen molar-refractivity contribution in [3.63, 3.8) is 0 Å². The number of rotatable bonds is 3. The molecule has 0 amide bonds. The highest BCUT2D eigenvalue weighted by atomic mass is 35.5. The van der Waals surface area contributed by atoms with Crippen LogP contribution in [0, 0.1) is 0 Å². The molecule has 1 unspecified atom stereocenters. The van der Waals surface area contributed by atoms with E-state index >= 15 is 0 Å². The first-order chi connectivity index (χ1) is 8.11. The van der Waals surface area contributed by atoms with E-state index in [0.29, 0.717) is 11.5 Å². The molecule has 1 N–H and O–H groups in total. The lowest BCUT2D eigenvalue weighted by Gasteiger charge is -2.05. The molecule has 1 aromatic carbocycles. The van der Waals surface area contributed by atoms with Gasteiger partial charge in [0.1, 0.15) is 16.5 Å². The average molecular weight is 257 g/mol. The van der Waals surface area contributed by atoms with Crippen molar-refractivity contribution in [1.82, 2.24) is 0 Å². The van der Waals surface area contributed by atoms with Crippen molar-refractivity contribution in [3.8, 4) is 11.5 Å². The summed E-state index contributed by atoms with van der Waals surface area (Å²) in [6.45, 7) is 0. The molecule has 0 saturated heterocycles. The normalized spacial score (nSPS) is 19.2. The second-order valence-electron chi connectivity index (χ2n) is 3.21. The van der Waals surface area contributed by atoms with Crippen LogP contribution in [0.15, 0.2) is 35.1 Å². The highest BCUT2D eigenvalue weighted by Gasteiger charge is 2.34. The Hall–Kier alpha value is -1.72. The molecule has 2 rings (SSSR count). The van der Waals surface area contributed by atoms with Crippen molar-refractivity contribution in [2.45, 2.75) is 6.29 Å². The van der Waals surface area contributed by atoms with E-state index < -0.39 is 12.3 Å². The lowest BCUT2D eigenvalue weighted by atomic mass is 10.3. The fraction of sp³-hybridized carbons (Fsp3) is 0.182. The van der Waals surface area contributed by atoms with E-state index in [9.17, 15) is 4.79 Å². The summed E-state index contributed by atoms with van der Waals surface area (Å²) in [6.07, 6.45) is -1.45. The molecule has 1 aliphatic rings. The van der Waals surface area contributed by atoms with Gasteiger partial charge in [-0.1, -0.05) is 11.6 Å². The summed E-state index contributed by atoms with van der Waals surface area (Å²) < 4.78 is 14.7. The van der Waals surface area contributed by atoms with E-state index in [0.717, 1.165) is 0 Å². The van der Waals surface area contributed by atoms with Gasteiger partial charge in [0.05, 0.1) is 7.11 Å². The highest BCUT2D eigenvalue weighted by molar-refractivity contribution is 6.32. The van der Waals surface area contributed by atoms with Crippen LogP contribution in [0.25, 0.3) is 0 Å². The van der Waals surface area contributed by atoms with E-state index in [1.165, 1.54) is 0 Å². The van der Waals surface area contributed by atoms with Crippen LogP contribution in [0.1, 0.15) is 0 Å². The number of aliphatic hydroxyl groups excluding tert-OH is 1. The quantitative estimate of drug-likeness (QED) is 0.828. The summed E-state index contributed by atoms with van der Waals surface area (Å²) in [5.41, 5.74) is 0. The zero-order valence-corrected chi connectivity index (χ0v) is 9.60. The molecule has 6 heteroatoms. The largest absolute Gasteiger partial charge is 0.497 e. The number of esters is 1. The van der Waals surface area contributed by atoms with Gasteiger partial charge in [-0.05, 0) is 24.3 Å². The van der Waals surface area contributed by atoms with Crippen molar-refractivity contribution in [1.29, 1.82) is 0 Å². The Labute approximate surface area is 102 Å². The Morgan fingerprint density at radius 3 is 2.35 bits per heavy atom. The Morgan fingerprint density at radius 1 is 1.29 bits per heavy atom. The zero-order valence-electron chi connectivity index (χ0n) is 8.84. The third kappa shape index (κ3) is 2.35. The highest BCUT2D eigenvalue weighted by Crippen LogP contribution is 2.28. The third-order valence-electron chi connectivity index (χ3n) is 2.12. The number of cyclic esters (lactones) is 1. The lowest BCUT2D eigenvalue weighted by molar-refractivity contribution is -0.153. The van der Waals surface area contributed by atoms with Crippen molar-refractivity contribution < 1.29 is 24.1 Å². The summed E-state index contributed by atoms with van der Waals surface area (Å²) in [4.78, 5) is 11.2. The van der Waals surface area contributed by atoms with Crippen molar-refractivity contribution in [3.05, 3.63) is 35.1 Å². The van der Waals surface area contributed by atoms with Crippen LogP contribution in [-0.2, 0) is 9.53 Å². The lowest BCUT2D eigenvalue weighted by Crippen LogP contribution is -2.08. The molecule has 1 aliphatic heterocycles. The molecule has 1 heterocycles. The summed E-state index contributed by atoms with van der Waals surface area (Å²) in [5, 5.41) is 9.00. The number of hydrogen-bond donors (Lipinski definition) is 1. The van der Waals surface area contributed by atoms with Crippen LogP contribution < -0.4 is 9.47 Å². The Bertz CT molecular complexity index is 465. The number of hydrogen-bond acceptors (Lipinski definition) is 5. The molecular formula is C11H9ClO5. The molecule has 0 aromatic heterocycles. The molecule has 1 aromatic rings. The third-order valence-corrected chi connectivity index (χ3v) is 2.48. The van der Waals surface area contributed by atoms with E-state index in [-0.39, 0.29) is 10.8 Å². The van der Waals surface area contributed by atoms with E-state index in [1.807, 2.05) is 0 Å². The van der Waals surface area contributed by atoms with Gasteiger partial charge in [-0.25, -0.2) is 4.79 Å². The van der Waals surface area contributed by atoms with Gasteiger partial charge in [-0.3, -0.25) is 0 Å². The Balaban J connectivity index is 2.18. The second kappa shape index (κ2) is 4.65. The van der Waals surface area contributed by atoms with Crippen LogP contribution in [0.3, 0.4) is 0 Å². The van der Waals surface area contributed by atoms with E-state index in [1.54, 1.807) is 31.4 Å². The molecule has 0 aliphatic carbocycles. The maximum absolute atomic E-state index is 11.2. The Morgan fingerprint density at radius 2 is 1.88 bits per heavy atom. The number of aliphatic hydroxyl groups is 1. The number of halogens is 1. The monoisotopic (exact) mass is 256 g/mol. The van der Waals surface area contributed by atoms with Crippen LogP contribution in [-0.4, -0.2) is 24.5 Å². The summed E-state index contributed by atoms with van der Waals surface area (Å²) in [7, 11) is 1.54. The first kappa shape index (κ1) is 11.8. The first-order valence-electron chi connectivity index (χ1n) is 4.72. The van der Waals surface area contributed by atoms with E-state index in [2.05, 4.69) is 4.74 Å². The predicted molar refractivity (Wildman–Crippen MR) is 58.6 cm³/mol. The number of methoxy groups -OCH3 is 1. The molecule has 5 nitrogen and oxygen atoms in total. The Kier molecular flexibility index (Phi) is 3.21. The summed E-state index contributed by atoms with van der Waals surface area (Å²) in [6, 6.07) is 6.54. The van der Waals surface area contributed by atoms with Gasteiger partial charge in [0.25, 0.3) is 0 Å².